The molecule has 3 rings (SSSR count). The van der Waals surface area contributed by atoms with Crippen molar-refractivity contribution in [3.63, 3.8) is 0 Å². The Labute approximate surface area is 95.9 Å². The lowest BCUT2D eigenvalue weighted by Gasteiger charge is -2.16. The minimum absolute atomic E-state index is 0.329. The highest BCUT2D eigenvalue weighted by atomic mass is 16.6. The molecular formula is C14H16O2. The number of rotatable bonds is 3. The van der Waals surface area contributed by atoms with Crippen molar-refractivity contribution in [2.24, 2.45) is 5.92 Å². The molecule has 2 unspecified atom stereocenters. The molecule has 0 amide bonds. The van der Waals surface area contributed by atoms with Gasteiger partial charge in [0.25, 0.3) is 0 Å². The fourth-order valence-electron chi connectivity index (χ4n) is 2.05. The van der Waals surface area contributed by atoms with Gasteiger partial charge in [0, 0.05) is 0 Å². The van der Waals surface area contributed by atoms with Crippen molar-refractivity contribution in [1.29, 1.82) is 0 Å². The van der Waals surface area contributed by atoms with Gasteiger partial charge < -0.3 is 9.47 Å². The van der Waals surface area contributed by atoms with Gasteiger partial charge in [0.2, 0.25) is 0 Å². The van der Waals surface area contributed by atoms with Crippen molar-refractivity contribution in [3.8, 4) is 5.75 Å². The zero-order chi connectivity index (χ0) is 11.0. The Morgan fingerprint density at radius 2 is 2.31 bits per heavy atom. The van der Waals surface area contributed by atoms with E-state index in [4.69, 9.17) is 9.47 Å². The number of fused-ring (bicyclic) bond motifs is 1. The lowest BCUT2D eigenvalue weighted by atomic mass is 9.91. The van der Waals surface area contributed by atoms with E-state index in [1.807, 2.05) is 6.07 Å². The van der Waals surface area contributed by atoms with Gasteiger partial charge >= 0.3 is 0 Å². The van der Waals surface area contributed by atoms with Gasteiger partial charge in [-0.15, -0.1) is 0 Å². The summed E-state index contributed by atoms with van der Waals surface area (Å²) >= 11 is 0. The van der Waals surface area contributed by atoms with Crippen LogP contribution in [0, 0.1) is 5.92 Å². The largest absolute Gasteiger partial charge is 0.491 e. The lowest BCUT2D eigenvalue weighted by molar-refractivity contribution is 0.263. The average Bonchev–Trinajstić information content (AvgIpc) is 3.09. The molecule has 1 heterocycles. The first kappa shape index (κ1) is 9.91. The molecule has 16 heavy (non-hydrogen) atoms. The molecule has 0 saturated carbocycles. The molecule has 84 valence electrons. The first-order valence-corrected chi connectivity index (χ1v) is 5.87. The first-order valence-electron chi connectivity index (χ1n) is 5.87. The second-order valence-electron chi connectivity index (χ2n) is 4.67. The fourth-order valence-corrected chi connectivity index (χ4v) is 2.05. The van der Waals surface area contributed by atoms with Crippen LogP contribution in [0.15, 0.2) is 24.3 Å². The number of ether oxygens (including phenoxy) is 2. The van der Waals surface area contributed by atoms with Crippen LogP contribution in [-0.2, 0) is 11.2 Å². The van der Waals surface area contributed by atoms with E-state index in [1.165, 1.54) is 11.1 Å². The molecule has 2 aliphatic rings. The molecule has 2 nitrogen and oxygen atoms in total. The monoisotopic (exact) mass is 216 g/mol. The third kappa shape index (κ3) is 2.12. The number of epoxide rings is 1. The van der Waals surface area contributed by atoms with Crippen LogP contribution in [0.3, 0.4) is 0 Å². The normalized spacial score (nSPS) is 26.3. The highest BCUT2D eigenvalue weighted by Crippen LogP contribution is 2.26. The van der Waals surface area contributed by atoms with Crippen LogP contribution < -0.4 is 4.74 Å². The third-order valence-corrected chi connectivity index (χ3v) is 3.10. The van der Waals surface area contributed by atoms with Gasteiger partial charge in [-0.2, -0.15) is 0 Å². The summed E-state index contributed by atoms with van der Waals surface area (Å²) in [7, 11) is 0. The summed E-state index contributed by atoms with van der Waals surface area (Å²) in [6, 6.07) is 6.35. The predicted molar refractivity (Wildman–Crippen MR) is 63.6 cm³/mol. The molecule has 1 fully saturated rings. The van der Waals surface area contributed by atoms with E-state index in [0.717, 1.165) is 18.8 Å². The number of hydrogen-bond acceptors (Lipinski definition) is 2. The van der Waals surface area contributed by atoms with Gasteiger partial charge in [0.15, 0.2) is 0 Å². The maximum atomic E-state index is 5.68. The molecule has 1 aliphatic heterocycles. The fraction of sp³-hybridized carbons (Fsp3) is 0.429. The Balaban J connectivity index is 1.75. The van der Waals surface area contributed by atoms with E-state index in [2.05, 4.69) is 31.2 Å². The van der Waals surface area contributed by atoms with Crippen molar-refractivity contribution in [2.45, 2.75) is 19.4 Å². The predicted octanol–water partition coefficient (Wildman–Crippen LogP) is 2.67. The van der Waals surface area contributed by atoms with Crippen LogP contribution >= 0.6 is 0 Å². The van der Waals surface area contributed by atoms with Crippen LogP contribution in [0.2, 0.25) is 0 Å². The molecule has 0 spiro atoms. The summed E-state index contributed by atoms with van der Waals surface area (Å²) in [4.78, 5) is 0. The molecule has 1 aromatic rings. The molecule has 1 saturated heterocycles. The van der Waals surface area contributed by atoms with Gasteiger partial charge in [-0.05, 0) is 35.6 Å². The van der Waals surface area contributed by atoms with E-state index in [9.17, 15) is 0 Å². The van der Waals surface area contributed by atoms with Crippen LogP contribution in [0.1, 0.15) is 18.1 Å². The number of benzene rings is 1. The molecule has 2 heteroatoms. The standard InChI is InChI=1S/C14H16O2/c1-10-2-3-11-4-5-13(7-12(11)6-10)15-8-14-9-16-14/h2-5,7,10,14H,6,8-9H2,1H3. The second kappa shape index (κ2) is 3.95. The van der Waals surface area contributed by atoms with Gasteiger partial charge in [0.05, 0.1) is 6.61 Å². The Morgan fingerprint density at radius 1 is 1.44 bits per heavy atom. The Hall–Kier alpha value is -1.28. The second-order valence-corrected chi connectivity index (χ2v) is 4.67. The zero-order valence-corrected chi connectivity index (χ0v) is 9.48. The maximum Gasteiger partial charge on any atom is 0.119 e. The van der Waals surface area contributed by atoms with Crippen molar-refractivity contribution < 1.29 is 9.47 Å². The molecule has 0 N–H and O–H groups in total. The van der Waals surface area contributed by atoms with E-state index < -0.39 is 0 Å². The topological polar surface area (TPSA) is 21.8 Å². The van der Waals surface area contributed by atoms with Gasteiger partial charge in [-0.25, -0.2) is 0 Å². The Morgan fingerprint density at radius 3 is 3.12 bits per heavy atom. The molecule has 1 aromatic carbocycles. The minimum Gasteiger partial charge on any atom is -0.491 e. The Bertz CT molecular complexity index is 419. The summed E-state index contributed by atoms with van der Waals surface area (Å²) in [6.45, 7) is 3.78. The molecule has 0 radical (unpaired) electrons. The highest BCUT2D eigenvalue weighted by Gasteiger charge is 2.23. The lowest BCUT2D eigenvalue weighted by Crippen LogP contribution is -2.06. The average molecular weight is 216 g/mol. The van der Waals surface area contributed by atoms with Crippen molar-refractivity contribution >= 4 is 6.08 Å². The maximum absolute atomic E-state index is 5.68. The van der Waals surface area contributed by atoms with Crippen molar-refractivity contribution in [3.05, 3.63) is 35.4 Å². The molecule has 0 bridgehead atoms. The van der Waals surface area contributed by atoms with Crippen LogP contribution in [0.25, 0.3) is 6.08 Å². The quantitative estimate of drug-likeness (QED) is 0.724. The SMILES string of the molecule is CC1C=Cc2ccc(OCC3CO3)cc2C1. The molecule has 1 aliphatic carbocycles. The van der Waals surface area contributed by atoms with Crippen LogP contribution in [-0.4, -0.2) is 19.3 Å². The summed E-state index contributed by atoms with van der Waals surface area (Å²) < 4.78 is 10.8. The van der Waals surface area contributed by atoms with E-state index >= 15 is 0 Å². The van der Waals surface area contributed by atoms with Crippen LogP contribution in [0.5, 0.6) is 5.75 Å². The molecule has 2 atom stereocenters. The van der Waals surface area contributed by atoms with Gasteiger partial charge in [-0.1, -0.05) is 25.1 Å². The third-order valence-electron chi connectivity index (χ3n) is 3.10. The highest BCUT2D eigenvalue weighted by molar-refractivity contribution is 5.58. The van der Waals surface area contributed by atoms with Crippen molar-refractivity contribution in [2.75, 3.05) is 13.2 Å². The first-order chi connectivity index (χ1) is 7.81. The zero-order valence-electron chi connectivity index (χ0n) is 9.48. The molecular weight excluding hydrogens is 200 g/mol. The number of allylic oxidation sites excluding steroid dienone is 1. The summed E-state index contributed by atoms with van der Waals surface area (Å²) in [5, 5.41) is 0. The van der Waals surface area contributed by atoms with Crippen LogP contribution in [0.4, 0.5) is 0 Å². The van der Waals surface area contributed by atoms with Gasteiger partial charge in [0.1, 0.15) is 18.5 Å². The summed E-state index contributed by atoms with van der Waals surface area (Å²) in [5.41, 5.74) is 2.72. The molecule has 0 aromatic heterocycles. The van der Waals surface area contributed by atoms with Gasteiger partial charge in [-0.3, -0.25) is 0 Å². The van der Waals surface area contributed by atoms with Crippen molar-refractivity contribution in [1.82, 2.24) is 0 Å². The Kier molecular flexibility index (Phi) is 2.44. The minimum atomic E-state index is 0.329. The summed E-state index contributed by atoms with van der Waals surface area (Å²) in [6.07, 6.45) is 5.91. The van der Waals surface area contributed by atoms with E-state index in [-0.39, 0.29) is 0 Å². The number of hydrogen-bond donors (Lipinski definition) is 0. The van der Waals surface area contributed by atoms with E-state index in [0.29, 0.717) is 18.6 Å². The summed E-state index contributed by atoms with van der Waals surface area (Å²) in [5.74, 6) is 1.60. The van der Waals surface area contributed by atoms with E-state index in [1.54, 1.807) is 0 Å². The smallest absolute Gasteiger partial charge is 0.119 e.